The first-order valence-electron chi connectivity index (χ1n) is 22.4. The number of thioether (sulfide) groups is 1. The topological polar surface area (TPSA) is 143 Å². The van der Waals surface area contributed by atoms with Gasteiger partial charge >= 0.3 is 6.09 Å². The van der Waals surface area contributed by atoms with Crippen LogP contribution in [0.25, 0.3) is 11.1 Å². The van der Waals surface area contributed by atoms with Crippen molar-refractivity contribution in [1.82, 2.24) is 20.9 Å². The van der Waals surface area contributed by atoms with Crippen LogP contribution in [0.3, 0.4) is 0 Å². The van der Waals surface area contributed by atoms with E-state index < -0.39 is 64.8 Å². The highest BCUT2D eigenvalue weighted by atomic mass is 32.2. The van der Waals surface area contributed by atoms with E-state index in [2.05, 4.69) is 34.7 Å². The largest absolute Gasteiger partial charge is 0.449 e. The molecular formula is C54H58N4O7S. The third kappa shape index (κ3) is 10.9. The van der Waals surface area contributed by atoms with Gasteiger partial charge in [-0.1, -0.05) is 146 Å². The molecule has 1 saturated heterocycles. The average Bonchev–Trinajstić information content (AvgIpc) is 3.89. The second-order valence-electron chi connectivity index (χ2n) is 17.7. The fraction of sp³-hybridized carbons (Fsp3) is 0.315. The Morgan fingerprint density at radius 3 is 1.76 bits per heavy atom. The smallest absolute Gasteiger partial charge is 0.407 e. The van der Waals surface area contributed by atoms with Crippen LogP contribution in [0.5, 0.6) is 0 Å². The van der Waals surface area contributed by atoms with Crippen LogP contribution in [0.15, 0.2) is 152 Å². The molecule has 0 spiro atoms. The molecule has 0 bridgehead atoms. The number of carbonyl (C=O) groups excluding carboxylic acids is 5. The lowest BCUT2D eigenvalue weighted by Crippen LogP contribution is -2.57. The third-order valence-electron chi connectivity index (χ3n) is 11.9. The number of hydrogen-bond acceptors (Lipinski definition) is 8. The van der Waals surface area contributed by atoms with Gasteiger partial charge in [-0.2, -0.15) is 0 Å². The number of nitrogens with one attached hydrogen (secondary N) is 3. The summed E-state index contributed by atoms with van der Waals surface area (Å²) in [6.07, 6.45) is 0.0718. The van der Waals surface area contributed by atoms with Gasteiger partial charge in [-0.05, 0) is 66.6 Å². The van der Waals surface area contributed by atoms with Crippen molar-refractivity contribution in [3.8, 4) is 11.1 Å². The van der Waals surface area contributed by atoms with Gasteiger partial charge in [0.1, 0.15) is 18.7 Å². The number of amides is 4. The van der Waals surface area contributed by atoms with Gasteiger partial charge in [0.15, 0.2) is 5.78 Å². The predicted octanol–water partition coefficient (Wildman–Crippen LogP) is 8.17. The molecule has 0 radical (unpaired) electrons. The molecule has 2 aliphatic rings. The Kier molecular flexibility index (Phi) is 15.3. The highest BCUT2D eigenvalue weighted by Gasteiger charge is 2.44. The number of alkyl carbamates (subject to hydrolysis) is 1. The van der Waals surface area contributed by atoms with Crippen molar-refractivity contribution in [2.45, 2.75) is 81.0 Å². The molecule has 342 valence electrons. The van der Waals surface area contributed by atoms with Gasteiger partial charge in [-0.15, -0.1) is 18.3 Å². The lowest BCUT2D eigenvalue weighted by atomic mass is 9.84. The standard InChI is InChI=1S/C54H58N4O7S/c1-6-30-55-49(60)32-46(51(62)58-33-40(65-53(3,4)5)31-48(58)36(2)59)56-50(61)47(57-52(63)64-34-45-43-28-18-16-26-41(43)42-27-17-19-29-44(42)45)35-66-54(37-20-10-7-11-21-37,38-22-12-8-13-23-38)39-24-14-9-15-25-39/h6-29,40,45-48H,1,30-35H2,2-5H3,(H,55,60)(H,56,61)(H,57,63)/t40-,46+,47-,48-/m0/s1. The number of fused-ring (bicyclic) bond motifs is 3. The summed E-state index contributed by atoms with van der Waals surface area (Å²) in [7, 11) is 0. The monoisotopic (exact) mass is 906 g/mol. The molecule has 11 nitrogen and oxygen atoms in total. The summed E-state index contributed by atoms with van der Waals surface area (Å²) < 4.78 is 11.3. The van der Waals surface area contributed by atoms with Crippen LogP contribution in [0.4, 0.5) is 4.79 Å². The van der Waals surface area contributed by atoms with Gasteiger partial charge in [0.2, 0.25) is 17.7 Å². The number of ether oxygens (including phenoxy) is 2. The maximum Gasteiger partial charge on any atom is 0.407 e. The summed E-state index contributed by atoms with van der Waals surface area (Å²) in [4.78, 5) is 71.6. The average molecular weight is 907 g/mol. The fourth-order valence-corrected chi connectivity index (χ4v) is 10.6. The molecular weight excluding hydrogens is 849 g/mol. The zero-order valence-corrected chi connectivity index (χ0v) is 38.7. The number of likely N-dealkylation sites (tertiary alicyclic amines) is 1. The first-order valence-corrected chi connectivity index (χ1v) is 23.4. The Morgan fingerprint density at radius 1 is 0.742 bits per heavy atom. The molecule has 1 fully saturated rings. The summed E-state index contributed by atoms with van der Waals surface area (Å²) in [6, 6.07) is 42.4. The fourth-order valence-electron chi connectivity index (χ4n) is 9.07. The second-order valence-corrected chi connectivity index (χ2v) is 18.9. The molecule has 0 unspecified atom stereocenters. The first-order chi connectivity index (χ1) is 31.8. The van der Waals surface area contributed by atoms with Crippen molar-refractivity contribution in [3.63, 3.8) is 0 Å². The van der Waals surface area contributed by atoms with E-state index in [1.54, 1.807) is 0 Å². The lowest BCUT2D eigenvalue weighted by molar-refractivity contribution is -0.142. The molecule has 4 amide bonds. The van der Waals surface area contributed by atoms with E-state index >= 15 is 0 Å². The van der Waals surface area contributed by atoms with E-state index in [9.17, 15) is 24.0 Å². The molecule has 1 aliphatic heterocycles. The van der Waals surface area contributed by atoms with Gasteiger partial charge in [-0.25, -0.2) is 4.79 Å². The molecule has 66 heavy (non-hydrogen) atoms. The molecule has 0 saturated carbocycles. The zero-order valence-electron chi connectivity index (χ0n) is 37.9. The second kappa shape index (κ2) is 21.2. The van der Waals surface area contributed by atoms with Crippen LogP contribution >= 0.6 is 11.8 Å². The van der Waals surface area contributed by atoms with Crippen molar-refractivity contribution >= 4 is 41.4 Å². The minimum Gasteiger partial charge on any atom is -0.449 e. The van der Waals surface area contributed by atoms with Gasteiger partial charge in [0.05, 0.1) is 28.9 Å². The molecule has 4 atom stereocenters. The number of benzene rings is 5. The number of hydrogen-bond donors (Lipinski definition) is 3. The Morgan fingerprint density at radius 2 is 1.26 bits per heavy atom. The van der Waals surface area contributed by atoms with Gasteiger partial charge < -0.3 is 30.3 Å². The maximum atomic E-state index is 15.0. The van der Waals surface area contributed by atoms with Crippen LogP contribution in [0, 0.1) is 0 Å². The van der Waals surface area contributed by atoms with Crippen molar-refractivity contribution in [2.75, 3.05) is 25.4 Å². The van der Waals surface area contributed by atoms with Gasteiger partial charge in [-0.3, -0.25) is 19.2 Å². The minimum atomic E-state index is -1.41. The number of ketones is 1. The van der Waals surface area contributed by atoms with E-state index in [-0.39, 0.29) is 43.6 Å². The van der Waals surface area contributed by atoms with E-state index in [4.69, 9.17) is 9.47 Å². The third-order valence-corrected chi connectivity index (χ3v) is 13.6. The van der Waals surface area contributed by atoms with E-state index in [0.29, 0.717) is 0 Å². The minimum absolute atomic E-state index is 0.000432. The molecule has 5 aromatic rings. The highest BCUT2D eigenvalue weighted by molar-refractivity contribution is 8.00. The lowest BCUT2D eigenvalue weighted by Gasteiger charge is -2.36. The molecule has 1 heterocycles. The van der Waals surface area contributed by atoms with Crippen molar-refractivity contribution in [1.29, 1.82) is 0 Å². The van der Waals surface area contributed by atoms with Crippen LogP contribution in [0.1, 0.15) is 74.3 Å². The van der Waals surface area contributed by atoms with Crippen LogP contribution in [0.2, 0.25) is 0 Å². The number of nitrogens with zero attached hydrogens (tertiary/aromatic N) is 1. The Labute approximate surface area is 391 Å². The maximum absolute atomic E-state index is 15.0. The Bertz CT molecular complexity index is 2370. The normalized spacial score (nSPS) is 16.6. The van der Waals surface area contributed by atoms with Crippen LogP contribution in [-0.2, 0) is 33.4 Å². The molecule has 7 rings (SSSR count). The van der Waals surface area contributed by atoms with Crippen LogP contribution in [-0.4, -0.2) is 89.8 Å². The zero-order chi connectivity index (χ0) is 46.8. The molecule has 12 heteroatoms. The van der Waals surface area contributed by atoms with Crippen molar-refractivity contribution in [2.24, 2.45) is 0 Å². The summed E-state index contributed by atoms with van der Waals surface area (Å²) in [6.45, 7) is 11.0. The molecule has 1 aliphatic carbocycles. The van der Waals surface area contributed by atoms with Crippen LogP contribution < -0.4 is 16.0 Å². The molecule has 5 aromatic carbocycles. The highest BCUT2D eigenvalue weighted by Crippen LogP contribution is 2.49. The number of Topliss-reactive ketones (excluding diaryl/α,β-unsaturated/α-hetero) is 1. The number of rotatable bonds is 18. The predicted molar refractivity (Wildman–Crippen MR) is 259 cm³/mol. The quantitative estimate of drug-likeness (QED) is 0.0591. The summed E-state index contributed by atoms with van der Waals surface area (Å²) in [5, 5.41) is 8.43. The van der Waals surface area contributed by atoms with Crippen molar-refractivity contribution in [3.05, 3.63) is 180 Å². The summed E-state index contributed by atoms with van der Waals surface area (Å²) in [5.74, 6) is -2.31. The Hall–Kier alpha value is -6.50. The van der Waals surface area contributed by atoms with E-state index in [1.807, 2.05) is 148 Å². The first kappa shape index (κ1) is 47.5. The Balaban J connectivity index is 1.22. The van der Waals surface area contributed by atoms with Crippen molar-refractivity contribution < 1.29 is 33.4 Å². The molecule has 3 N–H and O–H groups in total. The van der Waals surface area contributed by atoms with Gasteiger partial charge in [0, 0.05) is 31.2 Å². The SMILES string of the molecule is C=CCNC(=O)C[C@@H](NC(=O)[C@H](CSC(c1ccccc1)(c1ccccc1)c1ccccc1)NC(=O)OCC1c2ccccc2-c2ccccc21)C(=O)N1C[C@@H](OC(C)(C)C)C[C@H]1C(C)=O. The summed E-state index contributed by atoms with van der Waals surface area (Å²) >= 11 is 1.45. The van der Waals surface area contributed by atoms with Gasteiger partial charge in [0.25, 0.3) is 0 Å². The molecule has 0 aromatic heterocycles. The summed E-state index contributed by atoms with van der Waals surface area (Å²) in [5.41, 5.74) is 6.49. The number of carbonyl (C=O) groups is 5. The van der Waals surface area contributed by atoms with E-state index in [0.717, 1.165) is 38.9 Å². The van der Waals surface area contributed by atoms with E-state index in [1.165, 1.54) is 29.7 Å².